The number of carbonyl (C=O) groups excluding carboxylic acids is 1. The second-order valence-electron chi connectivity index (χ2n) is 5.07. The van der Waals surface area contributed by atoms with E-state index in [1.165, 1.54) is 12.8 Å². The molecule has 1 aromatic carbocycles. The lowest BCUT2D eigenvalue weighted by atomic mass is 10.1. The maximum atomic E-state index is 11.8. The predicted molar refractivity (Wildman–Crippen MR) is 69.9 cm³/mol. The molecule has 1 atom stereocenters. The summed E-state index contributed by atoms with van der Waals surface area (Å²) in [5, 5.41) is 2.95. The first-order chi connectivity index (χ1) is 8.06. The van der Waals surface area contributed by atoms with Crippen LogP contribution in [0.15, 0.2) is 18.2 Å². The van der Waals surface area contributed by atoms with Crippen LogP contribution in [0.3, 0.4) is 0 Å². The van der Waals surface area contributed by atoms with Crippen molar-refractivity contribution in [1.82, 2.24) is 0 Å². The lowest BCUT2D eigenvalue weighted by Crippen LogP contribution is -2.29. The van der Waals surface area contributed by atoms with Crippen LogP contribution in [0.4, 0.5) is 5.69 Å². The Morgan fingerprint density at radius 3 is 2.82 bits per heavy atom. The largest absolute Gasteiger partial charge is 0.327 e. The van der Waals surface area contributed by atoms with Crippen molar-refractivity contribution in [2.24, 2.45) is 11.7 Å². The normalized spacial score (nSPS) is 16.6. The van der Waals surface area contributed by atoms with Gasteiger partial charge in [-0.25, -0.2) is 0 Å². The van der Waals surface area contributed by atoms with Gasteiger partial charge < -0.3 is 11.1 Å². The van der Waals surface area contributed by atoms with E-state index in [9.17, 15) is 4.79 Å². The van der Waals surface area contributed by atoms with Gasteiger partial charge in [0.05, 0.1) is 0 Å². The lowest BCUT2D eigenvalue weighted by molar-refractivity contribution is -0.116. The summed E-state index contributed by atoms with van der Waals surface area (Å²) < 4.78 is 0. The van der Waals surface area contributed by atoms with Gasteiger partial charge in [0.1, 0.15) is 0 Å². The van der Waals surface area contributed by atoms with Crippen LogP contribution in [0.25, 0.3) is 0 Å². The van der Waals surface area contributed by atoms with E-state index in [0.717, 1.165) is 16.8 Å². The van der Waals surface area contributed by atoms with Gasteiger partial charge in [-0.15, -0.1) is 0 Å². The van der Waals surface area contributed by atoms with Crippen molar-refractivity contribution in [2.75, 3.05) is 5.32 Å². The van der Waals surface area contributed by atoms with E-state index < -0.39 is 0 Å². The van der Waals surface area contributed by atoms with Gasteiger partial charge in [0.15, 0.2) is 0 Å². The van der Waals surface area contributed by atoms with E-state index in [0.29, 0.717) is 12.3 Å². The quantitative estimate of drug-likeness (QED) is 0.837. The first kappa shape index (κ1) is 12.1. The zero-order valence-corrected chi connectivity index (χ0v) is 10.5. The molecular weight excluding hydrogens is 212 g/mol. The Morgan fingerprint density at radius 2 is 2.18 bits per heavy atom. The molecule has 3 nitrogen and oxygen atoms in total. The molecule has 0 heterocycles. The Hall–Kier alpha value is -1.35. The summed E-state index contributed by atoms with van der Waals surface area (Å²) in [6.45, 7) is 4.01. The molecule has 1 amide bonds. The molecule has 17 heavy (non-hydrogen) atoms. The molecule has 1 aliphatic rings. The van der Waals surface area contributed by atoms with Crippen molar-refractivity contribution >= 4 is 11.6 Å². The van der Waals surface area contributed by atoms with E-state index in [1.54, 1.807) is 0 Å². The molecule has 3 heteroatoms. The number of benzene rings is 1. The SMILES string of the molecule is Cc1ccc(C)c(NC(=O)CC(N)C2CC2)c1. The third kappa shape index (κ3) is 3.30. The number of hydrogen-bond donors (Lipinski definition) is 2. The van der Waals surface area contributed by atoms with Gasteiger partial charge in [0, 0.05) is 18.2 Å². The molecule has 1 saturated carbocycles. The smallest absolute Gasteiger partial charge is 0.225 e. The Balaban J connectivity index is 1.94. The molecule has 1 aromatic rings. The van der Waals surface area contributed by atoms with Gasteiger partial charge in [-0.05, 0) is 49.8 Å². The summed E-state index contributed by atoms with van der Waals surface area (Å²) in [5.41, 5.74) is 9.08. The first-order valence-electron chi connectivity index (χ1n) is 6.19. The van der Waals surface area contributed by atoms with Gasteiger partial charge in [-0.2, -0.15) is 0 Å². The van der Waals surface area contributed by atoms with Crippen LogP contribution in [0.1, 0.15) is 30.4 Å². The van der Waals surface area contributed by atoms with Crippen LogP contribution in [0.2, 0.25) is 0 Å². The number of nitrogens with two attached hydrogens (primary N) is 1. The molecule has 0 bridgehead atoms. The van der Waals surface area contributed by atoms with Gasteiger partial charge in [0.2, 0.25) is 5.91 Å². The molecule has 0 spiro atoms. The standard InChI is InChI=1S/C14H20N2O/c1-9-3-4-10(2)13(7-9)16-14(17)8-12(15)11-5-6-11/h3-4,7,11-12H,5-6,8,15H2,1-2H3,(H,16,17). The van der Waals surface area contributed by atoms with E-state index >= 15 is 0 Å². The minimum Gasteiger partial charge on any atom is -0.327 e. The summed E-state index contributed by atoms with van der Waals surface area (Å²) in [7, 11) is 0. The van der Waals surface area contributed by atoms with Crippen LogP contribution in [-0.4, -0.2) is 11.9 Å². The van der Waals surface area contributed by atoms with Crippen molar-refractivity contribution in [3.63, 3.8) is 0 Å². The van der Waals surface area contributed by atoms with E-state index in [4.69, 9.17) is 5.73 Å². The zero-order valence-electron chi connectivity index (χ0n) is 10.5. The molecule has 92 valence electrons. The number of anilines is 1. The highest BCUT2D eigenvalue weighted by Crippen LogP contribution is 2.32. The molecule has 1 fully saturated rings. The lowest BCUT2D eigenvalue weighted by Gasteiger charge is -2.12. The highest BCUT2D eigenvalue weighted by molar-refractivity contribution is 5.92. The molecular formula is C14H20N2O. The summed E-state index contributed by atoms with van der Waals surface area (Å²) in [6.07, 6.45) is 2.79. The number of hydrogen-bond acceptors (Lipinski definition) is 2. The molecule has 0 aromatic heterocycles. The van der Waals surface area contributed by atoms with Gasteiger partial charge in [0.25, 0.3) is 0 Å². The fourth-order valence-corrected chi connectivity index (χ4v) is 1.98. The third-order valence-corrected chi connectivity index (χ3v) is 3.32. The van der Waals surface area contributed by atoms with Crippen molar-refractivity contribution in [3.8, 4) is 0 Å². The van der Waals surface area contributed by atoms with Gasteiger partial charge in [-0.3, -0.25) is 4.79 Å². The Kier molecular flexibility index (Phi) is 3.48. The summed E-state index contributed by atoms with van der Waals surface area (Å²) in [5.74, 6) is 0.595. The molecule has 0 radical (unpaired) electrons. The second-order valence-corrected chi connectivity index (χ2v) is 5.07. The number of aryl methyl sites for hydroxylation is 2. The summed E-state index contributed by atoms with van der Waals surface area (Å²) in [6, 6.07) is 6.09. The fraction of sp³-hybridized carbons (Fsp3) is 0.500. The molecule has 2 rings (SSSR count). The molecule has 0 aliphatic heterocycles. The van der Waals surface area contributed by atoms with Crippen LogP contribution in [-0.2, 0) is 4.79 Å². The fourth-order valence-electron chi connectivity index (χ4n) is 1.98. The Morgan fingerprint density at radius 1 is 1.47 bits per heavy atom. The molecule has 0 saturated heterocycles. The van der Waals surface area contributed by atoms with Crippen molar-refractivity contribution in [1.29, 1.82) is 0 Å². The number of rotatable bonds is 4. The Labute approximate surface area is 102 Å². The van der Waals surface area contributed by atoms with Crippen molar-refractivity contribution in [3.05, 3.63) is 29.3 Å². The summed E-state index contributed by atoms with van der Waals surface area (Å²) >= 11 is 0. The maximum Gasteiger partial charge on any atom is 0.225 e. The van der Waals surface area contributed by atoms with Crippen LogP contribution in [0.5, 0.6) is 0 Å². The first-order valence-corrected chi connectivity index (χ1v) is 6.19. The molecule has 1 unspecified atom stereocenters. The van der Waals surface area contributed by atoms with Crippen LogP contribution < -0.4 is 11.1 Å². The minimum absolute atomic E-state index is 0.0260. The third-order valence-electron chi connectivity index (χ3n) is 3.32. The van der Waals surface area contributed by atoms with E-state index in [-0.39, 0.29) is 11.9 Å². The highest BCUT2D eigenvalue weighted by atomic mass is 16.1. The molecule has 3 N–H and O–H groups in total. The second kappa shape index (κ2) is 4.88. The monoisotopic (exact) mass is 232 g/mol. The van der Waals surface area contributed by atoms with Crippen LogP contribution in [0, 0.1) is 19.8 Å². The van der Waals surface area contributed by atoms with E-state index in [2.05, 4.69) is 5.32 Å². The van der Waals surface area contributed by atoms with Crippen molar-refractivity contribution in [2.45, 2.75) is 39.2 Å². The molecule has 1 aliphatic carbocycles. The van der Waals surface area contributed by atoms with Crippen molar-refractivity contribution < 1.29 is 4.79 Å². The maximum absolute atomic E-state index is 11.8. The average Bonchev–Trinajstić information content (AvgIpc) is 3.06. The average molecular weight is 232 g/mol. The number of nitrogens with one attached hydrogen (secondary N) is 1. The van der Waals surface area contributed by atoms with Gasteiger partial charge in [-0.1, -0.05) is 12.1 Å². The predicted octanol–water partition coefficient (Wildman–Crippen LogP) is 2.37. The van der Waals surface area contributed by atoms with Gasteiger partial charge >= 0.3 is 0 Å². The van der Waals surface area contributed by atoms with E-state index in [1.807, 2.05) is 32.0 Å². The number of carbonyl (C=O) groups is 1. The zero-order chi connectivity index (χ0) is 12.4. The topological polar surface area (TPSA) is 55.1 Å². The minimum atomic E-state index is 0.0260. The van der Waals surface area contributed by atoms with Crippen LogP contribution >= 0.6 is 0 Å². The highest BCUT2D eigenvalue weighted by Gasteiger charge is 2.29. The Bertz CT molecular complexity index is 424. The summed E-state index contributed by atoms with van der Waals surface area (Å²) in [4.78, 5) is 11.8. The number of amides is 1.